The Morgan fingerprint density at radius 2 is 2.12 bits per heavy atom. The Balaban J connectivity index is 2.60. The van der Waals surface area contributed by atoms with Crippen LogP contribution in [0.15, 0.2) is 11.4 Å². The fourth-order valence-corrected chi connectivity index (χ4v) is 2.46. The number of rotatable bonds is 4. The van der Waals surface area contributed by atoms with E-state index < -0.39 is 0 Å². The summed E-state index contributed by atoms with van der Waals surface area (Å²) >= 11 is 1.77. The number of thiophene rings is 1. The fourth-order valence-electron chi connectivity index (χ4n) is 1.58. The lowest BCUT2D eigenvalue weighted by molar-refractivity contribution is 0.202. The molecule has 0 amide bonds. The van der Waals surface area contributed by atoms with Crippen molar-refractivity contribution in [2.75, 3.05) is 13.6 Å². The summed E-state index contributed by atoms with van der Waals surface area (Å²) in [5, 5.41) is 2.10. The zero-order valence-corrected chi connectivity index (χ0v) is 12.0. The normalized spacial score (nSPS) is 12.6. The average Bonchev–Trinajstić information content (AvgIpc) is 2.72. The highest BCUT2D eigenvalue weighted by Gasteiger charge is 2.13. The van der Waals surface area contributed by atoms with Gasteiger partial charge in [-0.1, -0.05) is 25.7 Å². The molecule has 1 atom stereocenters. The predicted octanol–water partition coefficient (Wildman–Crippen LogP) is 2.53. The molecule has 2 N–H and O–H groups in total. The molecule has 1 unspecified atom stereocenters. The molecule has 0 saturated heterocycles. The summed E-state index contributed by atoms with van der Waals surface area (Å²) in [6, 6.07) is 2.76. The van der Waals surface area contributed by atoms with Crippen LogP contribution in [0.3, 0.4) is 0 Å². The van der Waals surface area contributed by atoms with E-state index in [1.165, 1.54) is 4.88 Å². The maximum absolute atomic E-state index is 5.36. The number of nitrogens with zero attached hydrogens (tertiary/aromatic N) is 1. The molecule has 0 aliphatic carbocycles. The topological polar surface area (TPSA) is 29.3 Å². The molecule has 1 heterocycles. The van der Waals surface area contributed by atoms with Crippen molar-refractivity contribution in [1.82, 2.24) is 4.90 Å². The van der Waals surface area contributed by atoms with Crippen molar-refractivity contribution in [2.24, 2.45) is 11.7 Å². The molecule has 1 rings (SSSR count). The quantitative estimate of drug-likeness (QED) is 0.832. The zero-order valence-electron chi connectivity index (χ0n) is 11.2. The van der Waals surface area contributed by atoms with Crippen LogP contribution in [-0.2, 0) is 6.54 Å². The van der Waals surface area contributed by atoms with E-state index in [0.717, 1.165) is 12.1 Å². The van der Waals surface area contributed by atoms with Gasteiger partial charge in [-0.2, -0.15) is 0 Å². The molecule has 0 bridgehead atoms. The SMILES string of the molecule is CC(C)C(C)N(C)Cc1cc(C#CCN)cs1. The van der Waals surface area contributed by atoms with E-state index in [1.54, 1.807) is 11.3 Å². The van der Waals surface area contributed by atoms with Gasteiger partial charge in [0.15, 0.2) is 0 Å². The van der Waals surface area contributed by atoms with Crippen LogP contribution < -0.4 is 5.73 Å². The van der Waals surface area contributed by atoms with Crippen molar-refractivity contribution in [3.8, 4) is 11.8 Å². The zero-order chi connectivity index (χ0) is 12.8. The third-order valence-corrected chi connectivity index (χ3v) is 3.98. The molecular weight excluding hydrogens is 228 g/mol. The van der Waals surface area contributed by atoms with Crippen LogP contribution in [0.5, 0.6) is 0 Å². The van der Waals surface area contributed by atoms with Crippen LogP contribution >= 0.6 is 11.3 Å². The summed E-state index contributed by atoms with van der Waals surface area (Å²) < 4.78 is 0. The van der Waals surface area contributed by atoms with Crippen molar-refractivity contribution in [3.63, 3.8) is 0 Å². The van der Waals surface area contributed by atoms with E-state index in [4.69, 9.17) is 5.73 Å². The Morgan fingerprint density at radius 3 is 2.71 bits per heavy atom. The summed E-state index contributed by atoms with van der Waals surface area (Å²) in [6.45, 7) is 8.21. The van der Waals surface area contributed by atoms with Crippen LogP contribution in [0, 0.1) is 17.8 Å². The Kier molecular flexibility index (Phi) is 5.70. The number of nitrogens with two attached hydrogens (primary N) is 1. The molecule has 1 aromatic rings. The first kappa shape index (κ1) is 14.2. The first-order chi connectivity index (χ1) is 8.04. The van der Waals surface area contributed by atoms with Gasteiger partial charge in [0.25, 0.3) is 0 Å². The van der Waals surface area contributed by atoms with Gasteiger partial charge >= 0.3 is 0 Å². The van der Waals surface area contributed by atoms with Gasteiger partial charge in [0, 0.05) is 28.4 Å². The van der Waals surface area contributed by atoms with E-state index >= 15 is 0 Å². The third-order valence-electron chi connectivity index (χ3n) is 3.05. The monoisotopic (exact) mass is 250 g/mol. The summed E-state index contributed by atoms with van der Waals surface area (Å²) in [5.41, 5.74) is 6.44. The molecule has 94 valence electrons. The second-order valence-corrected chi connectivity index (χ2v) is 5.70. The highest BCUT2D eigenvalue weighted by molar-refractivity contribution is 7.10. The number of hydrogen-bond acceptors (Lipinski definition) is 3. The maximum atomic E-state index is 5.36. The molecule has 0 aliphatic heterocycles. The van der Waals surface area contributed by atoms with Crippen LogP contribution in [-0.4, -0.2) is 24.5 Å². The summed E-state index contributed by atoms with van der Waals surface area (Å²) in [6.07, 6.45) is 0. The summed E-state index contributed by atoms with van der Waals surface area (Å²) in [5.74, 6) is 6.63. The van der Waals surface area contributed by atoms with Gasteiger partial charge < -0.3 is 5.73 Å². The minimum atomic E-state index is 0.426. The molecule has 0 fully saturated rings. The maximum Gasteiger partial charge on any atom is 0.0555 e. The van der Waals surface area contributed by atoms with Crippen molar-refractivity contribution in [1.29, 1.82) is 0 Å². The minimum absolute atomic E-state index is 0.426. The van der Waals surface area contributed by atoms with Gasteiger partial charge in [-0.3, -0.25) is 4.90 Å². The third kappa shape index (κ3) is 4.51. The molecular formula is C14H22N2S. The standard InChI is InChI=1S/C14H22N2S/c1-11(2)12(3)16(4)9-14-8-13(10-17-14)6-5-7-15/h8,10-12H,7,9,15H2,1-4H3. The Labute approximate surface area is 109 Å². The lowest BCUT2D eigenvalue weighted by Gasteiger charge is -2.27. The first-order valence-corrected chi connectivity index (χ1v) is 6.89. The second-order valence-electron chi connectivity index (χ2n) is 4.71. The summed E-state index contributed by atoms with van der Waals surface area (Å²) in [7, 11) is 2.18. The lowest BCUT2D eigenvalue weighted by Crippen LogP contribution is -2.32. The molecule has 17 heavy (non-hydrogen) atoms. The highest BCUT2D eigenvalue weighted by Crippen LogP contribution is 2.18. The van der Waals surface area contributed by atoms with E-state index in [2.05, 4.69) is 56.0 Å². The Hall–Kier alpha value is -0.820. The predicted molar refractivity (Wildman–Crippen MR) is 76.0 cm³/mol. The molecule has 0 saturated carbocycles. The summed E-state index contributed by atoms with van der Waals surface area (Å²) in [4.78, 5) is 3.75. The molecule has 3 heteroatoms. The van der Waals surface area contributed by atoms with E-state index in [9.17, 15) is 0 Å². The Morgan fingerprint density at radius 1 is 1.41 bits per heavy atom. The highest BCUT2D eigenvalue weighted by atomic mass is 32.1. The van der Waals surface area contributed by atoms with Crippen molar-refractivity contribution in [2.45, 2.75) is 33.4 Å². The van der Waals surface area contributed by atoms with Gasteiger partial charge in [-0.15, -0.1) is 11.3 Å². The molecule has 0 spiro atoms. The van der Waals surface area contributed by atoms with Gasteiger partial charge in [-0.25, -0.2) is 0 Å². The van der Waals surface area contributed by atoms with Gasteiger partial charge in [0.2, 0.25) is 0 Å². The smallest absolute Gasteiger partial charge is 0.0555 e. The molecule has 0 radical (unpaired) electrons. The van der Waals surface area contributed by atoms with Crippen LogP contribution in [0.2, 0.25) is 0 Å². The van der Waals surface area contributed by atoms with Gasteiger partial charge in [0.1, 0.15) is 0 Å². The lowest BCUT2D eigenvalue weighted by atomic mass is 10.1. The molecule has 0 aliphatic rings. The van der Waals surface area contributed by atoms with Crippen molar-refractivity contribution in [3.05, 3.63) is 21.9 Å². The molecule has 1 aromatic heterocycles. The molecule has 2 nitrogen and oxygen atoms in total. The second kappa shape index (κ2) is 6.80. The Bertz CT molecular complexity index is 398. The number of hydrogen-bond donors (Lipinski definition) is 1. The van der Waals surface area contributed by atoms with Crippen molar-refractivity contribution >= 4 is 11.3 Å². The first-order valence-electron chi connectivity index (χ1n) is 6.01. The molecule has 0 aromatic carbocycles. The van der Waals surface area contributed by atoms with Crippen molar-refractivity contribution < 1.29 is 0 Å². The van der Waals surface area contributed by atoms with Gasteiger partial charge in [0.05, 0.1) is 6.54 Å². The average molecular weight is 250 g/mol. The van der Waals surface area contributed by atoms with Crippen LogP contribution in [0.4, 0.5) is 0 Å². The largest absolute Gasteiger partial charge is 0.320 e. The van der Waals surface area contributed by atoms with Gasteiger partial charge in [-0.05, 0) is 26.0 Å². The van der Waals surface area contributed by atoms with E-state index in [1.807, 2.05) is 0 Å². The van der Waals surface area contributed by atoms with Crippen LogP contribution in [0.25, 0.3) is 0 Å². The van der Waals surface area contributed by atoms with E-state index in [0.29, 0.717) is 18.5 Å². The minimum Gasteiger partial charge on any atom is -0.320 e. The van der Waals surface area contributed by atoms with E-state index in [-0.39, 0.29) is 0 Å². The fraction of sp³-hybridized carbons (Fsp3) is 0.571. The van der Waals surface area contributed by atoms with Crippen LogP contribution in [0.1, 0.15) is 31.2 Å².